The Bertz CT molecular complexity index is 739. The predicted molar refractivity (Wildman–Crippen MR) is 77.6 cm³/mol. The van der Waals surface area contributed by atoms with Crippen LogP contribution in [0.25, 0.3) is 22.0 Å². The largest absolute Gasteiger partial charge is 0.347 e. The molecule has 102 valence electrons. The molecule has 3 heteroatoms. The lowest BCUT2D eigenvalue weighted by atomic mass is 10.0. The van der Waals surface area contributed by atoms with Crippen LogP contribution in [0.3, 0.4) is 0 Å². The Morgan fingerprint density at radius 2 is 1.65 bits per heavy atom. The first kappa shape index (κ1) is 12.9. The summed E-state index contributed by atoms with van der Waals surface area (Å²) in [6, 6.07) is 11.5. The summed E-state index contributed by atoms with van der Waals surface area (Å²) in [7, 11) is 0. The maximum Gasteiger partial charge on any atom is 0.126 e. The van der Waals surface area contributed by atoms with Crippen molar-refractivity contribution in [3.8, 4) is 11.1 Å². The Labute approximate surface area is 116 Å². The van der Waals surface area contributed by atoms with Crippen molar-refractivity contribution >= 4 is 10.9 Å². The standard InChI is InChI=1S/C17H15F2N/c1-2-6-20-7-5-13-8-12(3-4-17(13)20)14-9-15(18)11-16(19)10-14/h3-5,7-11H,2,6H2,1H3. The molecule has 0 unspecified atom stereocenters. The van der Waals surface area contributed by atoms with Crippen molar-refractivity contribution in [2.45, 2.75) is 19.9 Å². The zero-order valence-corrected chi connectivity index (χ0v) is 11.2. The van der Waals surface area contributed by atoms with Crippen LogP contribution in [-0.2, 0) is 6.54 Å². The highest BCUT2D eigenvalue weighted by molar-refractivity contribution is 5.85. The quantitative estimate of drug-likeness (QED) is 0.632. The van der Waals surface area contributed by atoms with E-state index in [1.807, 2.05) is 30.5 Å². The smallest absolute Gasteiger partial charge is 0.126 e. The summed E-state index contributed by atoms with van der Waals surface area (Å²) in [5.74, 6) is -1.10. The van der Waals surface area contributed by atoms with E-state index in [4.69, 9.17) is 0 Å². The summed E-state index contributed by atoms with van der Waals surface area (Å²) in [5.41, 5.74) is 2.53. The van der Waals surface area contributed by atoms with Crippen LogP contribution in [0.15, 0.2) is 48.7 Å². The Balaban J connectivity index is 2.09. The molecule has 2 aromatic carbocycles. The molecular weight excluding hydrogens is 256 g/mol. The summed E-state index contributed by atoms with van der Waals surface area (Å²) < 4.78 is 28.8. The lowest BCUT2D eigenvalue weighted by Crippen LogP contribution is -1.93. The van der Waals surface area contributed by atoms with E-state index in [-0.39, 0.29) is 0 Å². The lowest BCUT2D eigenvalue weighted by molar-refractivity contribution is 0.584. The van der Waals surface area contributed by atoms with Crippen LogP contribution >= 0.6 is 0 Å². The average molecular weight is 271 g/mol. The minimum atomic E-state index is -0.552. The molecule has 0 bridgehead atoms. The number of aromatic nitrogens is 1. The van der Waals surface area contributed by atoms with Gasteiger partial charge < -0.3 is 4.57 Å². The Morgan fingerprint density at radius 1 is 0.900 bits per heavy atom. The van der Waals surface area contributed by atoms with Gasteiger partial charge in [-0.1, -0.05) is 13.0 Å². The number of nitrogens with zero attached hydrogens (tertiary/aromatic N) is 1. The molecule has 1 aromatic heterocycles. The molecule has 0 atom stereocenters. The van der Waals surface area contributed by atoms with E-state index in [1.165, 1.54) is 12.1 Å². The second-order valence-corrected chi connectivity index (χ2v) is 4.94. The molecular formula is C17H15F2N. The van der Waals surface area contributed by atoms with Gasteiger partial charge in [0.05, 0.1) is 0 Å². The van der Waals surface area contributed by atoms with Gasteiger partial charge in [-0.25, -0.2) is 8.78 Å². The summed E-state index contributed by atoms with van der Waals surface area (Å²) >= 11 is 0. The molecule has 3 rings (SSSR count). The molecule has 1 nitrogen and oxygen atoms in total. The minimum Gasteiger partial charge on any atom is -0.347 e. The summed E-state index contributed by atoms with van der Waals surface area (Å²) in [6.07, 6.45) is 3.12. The van der Waals surface area contributed by atoms with Crippen LogP contribution in [0.4, 0.5) is 8.78 Å². The summed E-state index contributed by atoms with van der Waals surface area (Å²) in [4.78, 5) is 0. The topological polar surface area (TPSA) is 4.93 Å². The fourth-order valence-corrected chi connectivity index (χ4v) is 2.54. The van der Waals surface area contributed by atoms with E-state index in [0.29, 0.717) is 5.56 Å². The number of rotatable bonds is 3. The van der Waals surface area contributed by atoms with Gasteiger partial charge in [0.2, 0.25) is 0 Å². The van der Waals surface area contributed by atoms with Crippen LogP contribution in [-0.4, -0.2) is 4.57 Å². The molecule has 0 amide bonds. The number of hydrogen-bond acceptors (Lipinski definition) is 0. The van der Waals surface area contributed by atoms with E-state index in [2.05, 4.69) is 11.5 Å². The number of aryl methyl sites for hydroxylation is 1. The van der Waals surface area contributed by atoms with Crippen molar-refractivity contribution in [2.24, 2.45) is 0 Å². The zero-order valence-electron chi connectivity index (χ0n) is 11.2. The van der Waals surface area contributed by atoms with Crippen LogP contribution in [0.2, 0.25) is 0 Å². The van der Waals surface area contributed by atoms with E-state index < -0.39 is 11.6 Å². The molecule has 0 aliphatic rings. The fourth-order valence-electron chi connectivity index (χ4n) is 2.54. The highest BCUT2D eigenvalue weighted by atomic mass is 19.1. The molecule has 0 fully saturated rings. The molecule has 3 aromatic rings. The molecule has 0 spiro atoms. The lowest BCUT2D eigenvalue weighted by Gasteiger charge is -2.06. The highest BCUT2D eigenvalue weighted by Crippen LogP contribution is 2.26. The van der Waals surface area contributed by atoms with Gasteiger partial charge in [0.15, 0.2) is 0 Å². The van der Waals surface area contributed by atoms with Gasteiger partial charge in [-0.2, -0.15) is 0 Å². The maximum atomic E-state index is 13.3. The molecule has 0 aliphatic heterocycles. The van der Waals surface area contributed by atoms with Crippen molar-refractivity contribution in [3.05, 3.63) is 60.3 Å². The van der Waals surface area contributed by atoms with Gasteiger partial charge in [-0.05, 0) is 47.9 Å². The van der Waals surface area contributed by atoms with E-state index in [1.54, 1.807) is 0 Å². The first-order valence-electron chi connectivity index (χ1n) is 6.73. The maximum absolute atomic E-state index is 13.3. The third-order valence-corrected chi connectivity index (χ3v) is 3.43. The normalized spacial score (nSPS) is 11.2. The van der Waals surface area contributed by atoms with Gasteiger partial charge in [0.25, 0.3) is 0 Å². The monoisotopic (exact) mass is 271 g/mol. The van der Waals surface area contributed by atoms with E-state index in [0.717, 1.165) is 35.5 Å². The van der Waals surface area contributed by atoms with Gasteiger partial charge in [0.1, 0.15) is 11.6 Å². The zero-order chi connectivity index (χ0) is 14.1. The van der Waals surface area contributed by atoms with Crippen molar-refractivity contribution in [3.63, 3.8) is 0 Å². The number of benzene rings is 2. The summed E-state index contributed by atoms with van der Waals surface area (Å²) in [5, 5.41) is 1.08. The number of halogens is 2. The number of hydrogen-bond donors (Lipinski definition) is 0. The van der Waals surface area contributed by atoms with Crippen molar-refractivity contribution < 1.29 is 8.78 Å². The molecule has 20 heavy (non-hydrogen) atoms. The SMILES string of the molecule is CCCn1ccc2cc(-c3cc(F)cc(F)c3)ccc21. The first-order valence-corrected chi connectivity index (χ1v) is 6.73. The third kappa shape index (κ3) is 2.31. The Hall–Kier alpha value is -2.16. The van der Waals surface area contributed by atoms with Crippen LogP contribution in [0, 0.1) is 11.6 Å². The van der Waals surface area contributed by atoms with Gasteiger partial charge in [-0.15, -0.1) is 0 Å². The van der Waals surface area contributed by atoms with Crippen LogP contribution < -0.4 is 0 Å². The van der Waals surface area contributed by atoms with Crippen LogP contribution in [0.5, 0.6) is 0 Å². The van der Waals surface area contributed by atoms with Crippen molar-refractivity contribution in [2.75, 3.05) is 0 Å². The minimum absolute atomic E-state index is 0.552. The van der Waals surface area contributed by atoms with E-state index in [9.17, 15) is 8.78 Å². The van der Waals surface area contributed by atoms with Crippen LogP contribution in [0.1, 0.15) is 13.3 Å². The Kier molecular flexibility index (Phi) is 3.26. The fraction of sp³-hybridized carbons (Fsp3) is 0.176. The second-order valence-electron chi connectivity index (χ2n) is 4.94. The summed E-state index contributed by atoms with van der Waals surface area (Å²) in [6.45, 7) is 3.10. The third-order valence-electron chi connectivity index (χ3n) is 3.43. The highest BCUT2D eigenvalue weighted by Gasteiger charge is 2.06. The first-order chi connectivity index (χ1) is 9.67. The van der Waals surface area contributed by atoms with Gasteiger partial charge in [0, 0.05) is 29.7 Å². The predicted octanol–water partition coefficient (Wildman–Crippen LogP) is 5.00. The molecule has 0 saturated heterocycles. The second kappa shape index (κ2) is 5.08. The molecule has 0 N–H and O–H groups in total. The number of fused-ring (bicyclic) bond motifs is 1. The van der Waals surface area contributed by atoms with E-state index >= 15 is 0 Å². The molecule has 1 heterocycles. The Morgan fingerprint density at radius 3 is 2.35 bits per heavy atom. The van der Waals surface area contributed by atoms with Crippen molar-refractivity contribution in [1.29, 1.82) is 0 Å². The van der Waals surface area contributed by atoms with Crippen molar-refractivity contribution in [1.82, 2.24) is 4.57 Å². The molecule has 0 aliphatic carbocycles. The average Bonchev–Trinajstić information content (AvgIpc) is 2.81. The van der Waals surface area contributed by atoms with Gasteiger partial charge in [-0.3, -0.25) is 0 Å². The molecule has 0 radical (unpaired) electrons. The van der Waals surface area contributed by atoms with Gasteiger partial charge >= 0.3 is 0 Å². The molecule has 0 saturated carbocycles.